The summed E-state index contributed by atoms with van der Waals surface area (Å²) in [5.74, 6) is 0. The Hall–Kier alpha value is -1.07. The summed E-state index contributed by atoms with van der Waals surface area (Å²) in [5, 5.41) is 5.33. The van der Waals surface area contributed by atoms with E-state index in [0.717, 1.165) is 15.6 Å². The average molecular weight is 241 g/mol. The monoisotopic (exact) mass is 240 g/mol. The summed E-state index contributed by atoms with van der Waals surface area (Å²) in [6.45, 7) is 1.99. The van der Waals surface area contributed by atoms with Crippen LogP contribution in [-0.4, -0.2) is 19.7 Å². The van der Waals surface area contributed by atoms with E-state index in [2.05, 4.69) is 15.1 Å². The maximum absolute atomic E-state index is 5.83. The Morgan fingerprint density at radius 2 is 2.20 bits per heavy atom. The van der Waals surface area contributed by atoms with E-state index in [4.69, 9.17) is 11.6 Å². The Morgan fingerprint density at radius 3 is 2.87 bits per heavy atom. The van der Waals surface area contributed by atoms with E-state index in [1.165, 1.54) is 18.1 Å². The molecule has 0 aliphatic carbocycles. The van der Waals surface area contributed by atoms with Crippen LogP contribution in [0.4, 0.5) is 0 Å². The number of nitrogens with zero attached hydrogens (tertiary/aromatic N) is 4. The third-order valence-electron chi connectivity index (χ3n) is 1.89. The van der Waals surface area contributed by atoms with Gasteiger partial charge in [-0.15, -0.1) is 0 Å². The molecule has 2 rings (SSSR count). The topological polar surface area (TPSA) is 43.6 Å². The molecule has 78 valence electrons. The average Bonchev–Trinajstić information content (AvgIpc) is 2.58. The molecule has 0 amide bonds. The predicted molar refractivity (Wildman–Crippen MR) is 59.1 cm³/mol. The molecule has 0 radical (unpaired) electrons. The molecular formula is C9H9ClN4S. The summed E-state index contributed by atoms with van der Waals surface area (Å²) in [6.07, 6.45) is 3.28. The lowest BCUT2D eigenvalue weighted by Crippen LogP contribution is -1.93. The molecule has 0 aromatic carbocycles. The molecule has 2 aromatic rings. The summed E-state index contributed by atoms with van der Waals surface area (Å²) in [7, 11) is 1.85. The number of pyridine rings is 1. The second-order valence-corrected chi connectivity index (χ2v) is 4.44. The minimum absolute atomic E-state index is 0.491. The van der Waals surface area contributed by atoms with Gasteiger partial charge in [-0.05, 0) is 30.3 Å². The second-order valence-electron chi connectivity index (χ2n) is 3.04. The molecule has 0 N–H and O–H groups in total. The summed E-state index contributed by atoms with van der Waals surface area (Å²) < 4.78 is 1.72. The smallest absolute Gasteiger partial charge is 0.190 e. The summed E-state index contributed by atoms with van der Waals surface area (Å²) in [6, 6.07) is 1.83. The molecule has 0 unspecified atom stereocenters. The summed E-state index contributed by atoms with van der Waals surface area (Å²) >= 11 is 7.36. The van der Waals surface area contributed by atoms with Gasteiger partial charge in [0.2, 0.25) is 0 Å². The first kappa shape index (κ1) is 10.4. The molecule has 0 aliphatic rings. The van der Waals surface area contributed by atoms with E-state index in [-0.39, 0.29) is 0 Å². The van der Waals surface area contributed by atoms with Crippen molar-refractivity contribution in [3.8, 4) is 0 Å². The number of halogens is 1. The van der Waals surface area contributed by atoms with E-state index < -0.39 is 0 Å². The SMILES string of the molecule is Cc1cnc(Cl)cc1Sc1ncnn1C. The van der Waals surface area contributed by atoms with Crippen LogP contribution in [0.5, 0.6) is 0 Å². The molecule has 0 fully saturated rings. The van der Waals surface area contributed by atoms with Crippen molar-refractivity contribution in [3.63, 3.8) is 0 Å². The van der Waals surface area contributed by atoms with Crippen LogP contribution in [0.3, 0.4) is 0 Å². The number of aromatic nitrogens is 4. The Kier molecular flexibility index (Phi) is 2.93. The maximum Gasteiger partial charge on any atom is 0.190 e. The lowest BCUT2D eigenvalue weighted by atomic mass is 10.3. The first-order valence-corrected chi connectivity index (χ1v) is 5.50. The number of hydrogen-bond donors (Lipinski definition) is 0. The third kappa shape index (κ3) is 2.30. The molecule has 2 heterocycles. The first-order chi connectivity index (χ1) is 7.16. The van der Waals surface area contributed by atoms with E-state index in [1.54, 1.807) is 10.9 Å². The van der Waals surface area contributed by atoms with Crippen LogP contribution in [0.2, 0.25) is 5.15 Å². The molecule has 0 saturated heterocycles. The minimum Gasteiger partial charge on any atom is -0.244 e. The van der Waals surface area contributed by atoms with Crippen LogP contribution in [0.1, 0.15) is 5.56 Å². The molecule has 6 heteroatoms. The fourth-order valence-corrected chi connectivity index (χ4v) is 2.15. The summed E-state index contributed by atoms with van der Waals surface area (Å²) in [4.78, 5) is 9.18. The zero-order chi connectivity index (χ0) is 10.8. The molecule has 2 aromatic heterocycles. The molecule has 0 spiro atoms. The number of rotatable bonds is 2. The largest absolute Gasteiger partial charge is 0.244 e. The molecule has 0 bridgehead atoms. The van der Waals surface area contributed by atoms with Crippen molar-refractivity contribution in [1.82, 2.24) is 19.7 Å². The van der Waals surface area contributed by atoms with Gasteiger partial charge < -0.3 is 0 Å². The van der Waals surface area contributed by atoms with Gasteiger partial charge in [0, 0.05) is 18.1 Å². The van der Waals surface area contributed by atoms with Gasteiger partial charge in [-0.2, -0.15) is 5.10 Å². The van der Waals surface area contributed by atoms with Crippen LogP contribution in [-0.2, 0) is 7.05 Å². The van der Waals surface area contributed by atoms with E-state index in [1.807, 2.05) is 20.0 Å². The van der Waals surface area contributed by atoms with Gasteiger partial charge in [0.25, 0.3) is 0 Å². The van der Waals surface area contributed by atoms with Crippen molar-refractivity contribution in [2.75, 3.05) is 0 Å². The lowest BCUT2D eigenvalue weighted by molar-refractivity contribution is 0.685. The fourth-order valence-electron chi connectivity index (χ4n) is 1.07. The van der Waals surface area contributed by atoms with E-state index in [0.29, 0.717) is 5.15 Å². The van der Waals surface area contributed by atoms with Crippen LogP contribution >= 0.6 is 23.4 Å². The van der Waals surface area contributed by atoms with Crippen molar-refractivity contribution in [3.05, 3.63) is 29.3 Å². The van der Waals surface area contributed by atoms with Crippen LogP contribution in [0.15, 0.2) is 28.6 Å². The zero-order valence-electron chi connectivity index (χ0n) is 8.31. The van der Waals surface area contributed by atoms with Gasteiger partial charge in [0.15, 0.2) is 5.16 Å². The van der Waals surface area contributed by atoms with Gasteiger partial charge >= 0.3 is 0 Å². The second kappa shape index (κ2) is 4.20. The van der Waals surface area contributed by atoms with Crippen molar-refractivity contribution in [2.45, 2.75) is 17.0 Å². The molecule has 0 saturated carbocycles. The lowest BCUT2D eigenvalue weighted by Gasteiger charge is -2.04. The minimum atomic E-state index is 0.491. The predicted octanol–water partition coefficient (Wildman–Crippen LogP) is 2.32. The first-order valence-electron chi connectivity index (χ1n) is 4.31. The quantitative estimate of drug-likeness (QED) is 0.756. The van der Waals surface area contributed by atoms with Gasteiger partial charge in [-0.3, -0.25) is 0 Å². The Bertz CT molecular complexity index is 483. The maximum atomic E-state index is 5.83. The Balaban J connectivity index is 2.32. The van der Waals surface area contributed by atoms with Crippen LogP contribution in [0.25, 0.3) is 0 Å². The number of aryl methyl sites for hydroxylation is 2. The van der Waals surface area contributed by atoms with Gasteiger partial charge in [0.05, 0.1) is 0 Å². The summed E-state index contributed by atoms with van der Waals surface area (Å²) in [5.41, 5.74) is 1.08. The standard InChI is InChI=1S/C9H9ClN4S/c1-6-4-11-8(10)3-7(6)15-9-12-5-13-14(9)2/h3-5H,1-2H3. The molecular weight excluding hydrogens is 232 g/mol. The van der Waals surface area contributed by atoms with Crippen LogP contribution < -0.4 is 0 Å². The molecule has 4 nitrogen and oxygen atoms in total. The highest BCUT2D eigenvalue weighted by molar-refractivity contribution is 7.99. The third-order valence-corrected chi connectivity index (χ3v) is 3.31. The fraction of sp³-hybridized carbons (Fsp3) is 0.222. The highest BCUT2D eigenvalue weighted by atomic mass is 35.5. The Morgan fingerprint density at radius 1 is 1.40 bits per heavy atom. The highest BCUT2D eigenvalue weighted by Crippen LogP contribution is 2.29. The van der Waals surface area contributed by atoms with E-state index >= 15 is 0 Å². The van der Waals surface area contributed by atoms with Crippen molar-refractivity contribution < 1.29 is 0 Å². The van der Waals surface area contributed by atoms with Crippen LogP contribution in [0, 0.1) is 6.92 Å². The van der Waals surface area contributed by atoms with Gasteiger partial charge in [-0.1, -0.05) is 11.6 Å². The van der Waals surface area contributed by atoms with Crippen molar-refractivity contribution >= 4 is 23.4 Å². The highest BCUT2D eigenvalue weighted by Gasteiger charge is 2.06. The van der Waals surface area contributed by atoms with Gasteiger partial charge in [0.1, 0.15) is 11.5 Å². The van der Waals surface area contributed by atoms with Gasteiger partial charge in [-0.25, -0.2) is 14.6 Å². The normalized spacial score (nSPS) is 10.6. The Labute approximate surface area is 96.7 Å². The molecule has 0 aliphatic heterocycles. The van der Waals surface area contributed by atoms with E-state index in [9.17, 15) is 0 Å². The molecule has 0 atom stereocenters. The zero-order valence-corrected chi connectivity index (χ0v) is 9.88. The number of hydrogen-bond acceptors (Lipinski definition) is 4. The van der Waals surface area contributed by atoms with Crippen molar-refractivity contribution in [1.29, 1.82) is 0 Å². The molecule has 15 heavy (non-hydrogen) atoms. The van der Waals surface area contributed by atoms with Crippen molar-refractivity contribution in [2.24, 2.45) is 7.05 Å².